The van der Waals surface area contributed by atoms with Gasteiger partial charge >= 0.3 is 6.18 Å². The molecule has 452 valence electrons. The molecule has 5 fully saturated rings. The smallest absolute Gasteiger partial charge is 0.313 e. The van der Waals surface area contributed by atoms with Crippen LogP contribution in [0.25, 0.3) is 0 Å². The van der Waals surface area contributed by atoms with E-state index in [-0.39, 0.29) is 16.6 Å². The lowest BCUT2D eigenvalue weighted by Crippen LogP contribution is -2.58. The number of halogens is 4. The summed E-state index contributed by atoms with van der Waals surface area (Å²) in [7, 11) is 14.1. The van der Waals surface area contributed by atoms with Crippen molar-refractivity contribution in [3.05, 3.63) is 34.3 Å². The van der Waals surface area contributed by atoms with E-state index in [0.717, 1.165) is 128 Å². The van der Waals surface area contributed by atoms with E-state index >= 15 is 0 Å². The zero-order valence-corrected chi connectivity index (χ0v) is 52.3. The highest BCUT2D eigenvalue weighted by atomic mass is 35.5. The minimum Gasteiger partial charge on any atom is -0.313 e. The summed E-state index contributed by atoms with van der Waals surface area (Å²) in [6, 6.07) is 7.44. The average molecular weight is 1120 g/mol. The van der Waals surface area contributed by atoms with Gasteiger partial charge in [0.05, 0.1) is 10.6 Å². The molecule has 7 atom stereocenters. The van der Waals surface area contributed by atoms with E-state index in [1.165, 1.54) is 102 Å². The molecule has 2 aliphatic heterocycles. The van der Waals surface area contributed by atoms with Gasteiger partial charge in [0, 0.05) is 133 Å². The molecule has 3 saturated carbocycles. The van der Waals surface area contributed by atoms with Crippen LogP contribution < -0.4 is 21.3 Å². The Bertz CT molecular complexity index is 1810. The lowest BCUT2D eigenvalue weighted by atomic mass is 9.84. The van der Waals surface area contributed by atoms with Crippen molar-refractivity contribution >= 4 is 11.6 Å². The standard InChI is InChI=1S/C63H117ClF3N11/c1-48(2)38-56-41-70-60(53-23-24-53)46-74(8)35-34-72(6)36-37-76(10)57(39-51-18-13-12-14-19-51)45-73(7)33-30-68-54(25-21-52-22-26-58(59(64)40-52)63(65,66)67)44-78-31-17-20-55(78)42-71-62(28-15-16-29-62)47-77(11)61(49(3)4)43-69-50(5)27-32-75(56)9/h22,26,40,48-51,53-57,60-61,68-71H,12-21,23-25,27-39,41-47H2,1-11H3/t50-,54+,55+,56+,57+,60-,61-/m1/s1. The normalized spacial score (nSPS) is 30.8. The minimum absolute atomic E-state index is 0.109. The molecule has 0 amide bonds. The zero-order valence-electron chi connectivity index (χ0n) is 51.6. The second kappa shape index (κ2) is 32.8. The largest absolute Gasteiger partial charge is 0.417 e. The van der Waals surface area contributed by atoms with Crippen LogP contribution in [0.1, 0.15) is 155 Å². The number of alkyl halides is 3. The summed E-state index contributed by atoms with van der Waals surface area (Å²) in [6.07, 6.45) is 17.6. The molecule has 5 aliphatic rings. The third-order valence-corrected chi connectivity index (χ3v) is 19.9. The highest BCUT2D eigenvalue weighted by Gasteiger charge is 2.39. The van der Waals surface area contributed by atoms with Crippen molar-refractivity contribution in [1.29, 1.82) is 0 Å². The van der Waals surface area contributed by atoms with Gasteiger partial charge in [-0.05, 0) is 174 Å². The van der Waals surface area contributed by atoms with Gasteiger partial charge in [-0.1, -0.05) is 90.3 Å². The number of nitrogens with zero attached hydrogens (tertiary/aromatic N) is 7. The molecule has 11 nitrogen and oxygen atoms in total. The molecule has 15 heteroatoms. The SMILES string of the molecule is CC(C)C[C@H]1CN[C@@H](C2CC2)CN(C)CCN(C)CCN(C)[C@@H](CC2CCCCC2)CN(C)CCN[C@@H](CCc2ccc(C(F)(F)F)c(Cl)c2)CN2CCC[C@H]2CNC2(CCCC2)CN(C)[C@@H](C(C)C)CN[C@H](C)CCN1C. The van der Waals surface area contributed by atoms with Crippen LogP contribution in [-0.4, -0.2) is 223 Å². The molecule has 78 heavy (non-hydrogen) atoms. The van der Waals surface area contributed by atoms with Crippen LogP contribution in [0.15, 0.2) is 18.2 Å². The van der Waals surface area contributed by atoms with Crippen LogP contribution in [-0.2, 0) is 12.6 Å². The van der Waals surface area contributed by atoms with Crippen molar-refractivity contribution in [2.75, 3.05) is 140 Å². The molecule has 2 heterocycles. The van der Waals surface area contributed by atoms with E-state index < -0.39 is 11.7 Å². The van der Waals surface area contributed by atoms with Crippen LogP contribution in [0.5, 0.6) is 0 Å². The minimum atomic E-state index is -4.46. The number of likely N-dealkylation sites (N-methyl/N-ethyl adjacent to an activating group) is 6. The Morgan fingerprint density at radius 3 is 2.04 bits per heavy atom. The van der Waals surface area contributed by atoms with E-state index in [1.54, 1.807) is 12.1 Å². The van der Waals surface area contributed by atoms with Crippen LogP contribution in [0.2, 0.25) is 5.02 Å². The van der Waals surface area contributed by atoms with Gasteiger partial charge in [0.1, 0.15) is 0 Å². The quantitative estimate of drug-likeness (QED) is 0.191. The molecule has 2 saturated heterocycles. The second-order valence-corrected chi connectivity index (χ2v) is 27.7. The van der Waals surface area contributed by atoms with E-state index in [1.807, 2.05) is 0 Å². The fourth-order valence-electron chi connectivity index (χ4n) is 14.1. The van der Waals surface area contributed by atoms with Crippen LogP contribution in [0, 0.1) is 23.7 Å². The maximum Gasteiger partial charge on any atom is 0.417 e. The lowest BCUT2D eigenvalue weighted by molar-refractivity contribution is -0.137. The summed E-state index contributed by atoms with van der Waals surface area (Å²) in [5.74, 6) is 2.79. The van der Waals surface area contributed by atoms with Crippen molar-refractivity contribution in [2.24, 2.45) is 23.7 Å². The van der Waals surface area contributed by atoms with E-state index in [4.69, 9.17) is 11.6 Å². The Morgan fingerprint density at radius 2 is 1.36 bits per heavy atom. The number of hydrogen-bond donors (Lipinski definition) is 4. The first-order chi connectivity index (χ1) is 37.2. The highest BCUT2D eigenvalue weighted by molar-refractivity contribution is 6.31. The van der Waals surface area contributed by atoms with Crippen molar-refractivity contribution in [2.45, 2.75) is 204 Å². The fraction of sp³-hybridized carbons (Fsp3) is 0.905. The third-order valence-electron chi connectivity index (χ3n) is 19.6. The lowest BCUT2D eigenvalue weighted by Gasteiger charge is -2.41. The van der Waals surface area contributed by atoms with Crippen LogP contribution >= 0.6 is 11.6 Å². The van der Waals surface area contributed by atoms with Crippen molar-refractivity contribution in [1.82, 2.24) is 55.6 Å². The Kier molecular flexibility index (Phi) is 27.7. The predicted molar refractivity (Wildman–Crippen MR) is 324 cm³/mol. The second-order valence-electron chi connectivity index (χ2n) is 27.3. The summed E-state index contributed by atoms with van der Waals surface area (Å²) in [4.78, 5) is 18.5. The first-order valence-electron chi connectivity index (χ1n) is 31.9. The molecule has 1 aromatic carbocycles. The molecule has 0 unspecified atom stereocenters. The van der Waals surface area contributed by atoms with Crippen molar-refractivity contribution in [3.8, 4) is 0 Å². The summed E-state index contributed by atoms with van der Waals surface area (Å²) in [5, 5.41) is 16.3. The van der Waals surface area contributed by atoms with E-state index in [2.05, 4.69) is 132 Å². The molecule has 4 N–H and O–H groups in total. The van der Waals surface area contributed by atoms with Gasteiger partial charge in [-0.15, -0.1) is 0 Å². The Labute approximate surface area is 481 Å². The molecule has 6 rings (SSSR count). The van der Waals surface area contributed by atoms with Gasteiger partial charge in [-0.25, -0.2) is 0 Å². The van der Waals surface area contributed by atoms with Crippen molar-refractivity contribution in [3.63, 3.8) is 0 Å². The number of nitrogens with one attached hydrogen (secondary N) is 4. The summed E-state index contributed by atoms with van der Waals surface area (Å²) >= 11 is 6.28. The Hall–Kier alpha value is -1.14. The molecule has 3 aliphatic carbocycles. The molecule has 1 aromatic rings. The van der Waals surface area contributed by atoms with Gasteiger partial charge in [0.15, 0.2) is 0 Å². The molecule has 0 bridgehead atoms. The van der Waals surface area contributed by atoms with E-state index in [9.17, 15) is 13.2 Å². The fourth-order valence-corrected chi connectivity index (χ4v) is 14.4. The topological polar surface area (TPSA) is 70.8 Å². The van der Waals surface area contributed by atoms with Gasteiger partial charge in [-0.2, -0.15) is 13.2 Å². The highest BCUT2D eigenvalue weighted by Crippen LogP contribution is 2.37. The van der Waals surface area contributed by atoms with Gasteiger partial charge in [-0.3, -0.25) is 4.90 Å². The summed E-state index contributed by atoms with van der Waals surface area (Å²) in [5.41, 5.74) is 0.215. The zero-order chi connectivity index (χ0) is 56.4. The van der Waals surface area contributed by atoms with Crippen LogP contribution in [0.4, 0.5) is 13.2 Å². The number of hydrogen-bond acceptors (Lipinski definition) is 11. The molecule has 0 aromatic heterocycles. The summed E-state index contributed by atoms with van der Waals surface area (Å²) < 4.78 is 41.2. The third kappa shape index (κ3) is 22.5. The monoisotopic (exact) mass is 1120 g/mol. The number of fused-ring (bicyclic) bond motifs is 1. The first kappa shape index (κ1) is 66.0. The molecular formula is C63H117ClF3N11. The van der Waals surface area contributed by atoms with E-state index in [0.29, 0.717) is 54.5 Å². The average Bonchev–Trinajstić information content (AvgIpc) is 3.98. The molecule has 0 radical (unpaired) electrons. The summed E-state index contributed by atoms with van der Waals surface area (Å²) in [6.45, 7) is 27.4. The van der Waals surface area contributed by atoms with Gasteiger partial charge < -0.3 is 50.7 Å². The number of benzene rings is 1. The number of aryl methyl sites for hydroxylation is 1. The van der Waals surface area contributed by atoms with Gasteiger partial charge in [0.25, 0.3) is 0 Å². The molecular weight excluding hydrogens is 1000 g/mol. The van der Waals surface area contributed by atoms with Gasteiger partial charge in [0.2, 0.25) is 0 Å². The Balaban J connectivity index is 1.18. The number of rotatable bonds is 9. The van der Waals surface area contributed by atoms with Crippen molar-refractivity contribution < 1.29 is 13.2 Å². The Morgan fingerprint density at radius 1 is 0.667 bits per heavy atom. The first-order valence-corrected chi connectivity index (χ1v) is 32.3. The molecule has 1 spiro atoms. The maximum absolute atomic E-state index is 13.7. The predicted octanol–water partition coefficient (Wildman–Crippen LogP) is 9.74. The van der Waals surface area contributed by atoms with Crippen LogP contribution in [0.3, 0.4) is 0 Å². The maximum atomic E-state index is 13.7.